The summed E-state index contributed by atoms with van der Waals surface area (Å²) in [6, 6.07) is 0. The van der Waals surface area contributed by atoms with E-state index in [0.29, 0.717) is 0 Å². The molecule has 0 aliphatic carbocycles. The molecule has 1 atom stereocenters. The van der Waals surface area contributed by atoms with Crippen LogP contribution in [0, 0.1) is 0 Å². The van der Waals surface area contributed by atoms with Crippen LogP contribution < -0.4 is 0 Å². The number of carbonyl (C=O) groups is 2. The topological polar surface area (TPSA) is 83.8 Å². The maximum Gasteiger partial charge on any atom is 0.337 e. The number of rotatable bonds is 4. The number of esters is 1. The van der Waals surface area contributed by atoms with Gasteiger partial charge in [-0.2, -0.15) is 0 Å². The van der Waals surface area contributed by atoms with Crippen molar-refractivity contribution in [2.75, 3.05) is 7.11 Å². The number of carboxylic acids is 1. The Kier molecular flexibility index (Phi) is 3.62. The lowest BCUT2D eigenvalue weighted by Crippen LogP contribution is -2.37. The predicted molar refractivity (Wildman–Crippen MR) is 44.0 cm³/mol. The van der Waals surface area contributed by atoms with Gasteiger partial charge in [0.05, 0.1) is 7.11 Å². The summed E-state index contributed by atoms with van der Waals surface area (Å²) in [5, 5.41) is 17.8. The zero-order valence-electron chi connectivity index (χ0n) is 7.53. The van der Waals surface area contributed by atoms with E-state index in [1.54, 1.807) is 0 Å². The highest BCUT2D eigenvalue weighted by molar-refractivity contribution is 5.88. The van der Waals surface area contributed by atoms with Gasteiger partial charge in [-0.15, -0.1) is 0 Å². The third kappa shape index (κ3) is 3.25. The van der Waals surface area contributed by atoms with Gasteiger partial charge in [-0.25, -0.2) is 9.59 Å². The lowest BCUT2D eigenvalue weighted by atomic mass is 9.98. The van der Waals surface area contributed by atoms with Crippen LogP contribution in [0.2, 0.25) is 0 Å². The molecule has 0 radical (unpaired) electrons. The summed E-state index contributed by atoms with van der Waals surface area (Å²) in [6.07, 6.45) is -0.352. The molecule has 2 N–H and O–H groups in total. The molecular formula is C8H12O5. The Morgan fingerprint density at radius 1 is 1.54 bits per heavy atom. The maximum absolute atomic E-state index is 10.9. The number of carboxylic acid groups (broad SMARTS) is 1. The molecule has 74 valence electrons. The Labute approximate surface area is 75.6 Å². The lowest BCUT2D eigenvalue weighted by molar-refractivity contribution is -0.160. The third-order valence-corrected chi connectivity index (χ3v) is 1.49. The van der Waals surface area contributed by atoms with Gasteiger partial charge in [0.1, 0.15) is 0 Å². The molecule has 5 nitrogen and oxygen atoms in total. The van der Waals surface area contributed by atoms with Gasteiger partial charge in [-0.1, -0.05) is 6.58 Å². The number of ether oxygens (including phenoxy) is 1. The zero-order valence-corrected chi connectivity index (χ0v) is 7.53. The largest absolute Gasteiger partial charge is 0.478 e. The van der Waals surface area contributed by atoms with E-state index in [9.17, 15) is 14.7 Å². The molecule has 5 heteroatoms. The molecule has 0 aromatic rings. The second kappa shape index (κ2) is 4.04. The number of aliphatic carboxylic acids is 1. The summed E-state index contributed by atoms with van der Waals surface area (Å²) < 4.78 is 4.27. The molecule has 13 heavy (non-hydrogen) atoms. The van der Waals surface area contributed by atoms with Crippen molar-refractivity contribution in [1.29, 1.82) is 0 Å². The van der Waals surface area contributed by atoms with E-state index in [-0.39, 0.29) is 12.0 Å². The Hall–Kier alpha value is -1.36. The van der Waals surface area contributed by atoms with Crippen molar-refractivity contribution in [2.24, 2.45) is 0 Å². The van der Waals surface area contributed by atoms with E-state index in [0.717, 1.165) is 7.11 Å². The van der Waals surface area contributed by atoms with Crippen LogP contribution in [0.3, 0.4) is 0 Å². The lowest BCUT2D eigenvalue weighted by Gasteiger charge is -2.19. The van der Waals surface area contributed by atoms with Crippen LogP contribution in [0.15, 0.2) is 12.2 Å². The monoisotopic (exact) mass is 188 g/mol. The molecule has 0 aromatic carbocycles. The predicted octanol–water partition coefficient (Wildman–Crippen LogP) is -0.0587. The molecule has 0 heterocycles. The number of carbonyl (C=O) groups excluding carboxylic acids is 1. The van der Waals surface area contributed by atoms with Crippen molar-refractivity contribution in [3.63, 3.8) is 0 Å². The van der Waals surface area contributed by atoms with Crippen molar-refractivity contribution in [2.45, 2.75) is 18.9 Å². The fourth-order valence-corrected chi connectivity index (χ4v) is 0.783. The number of hydrogen-bond acceptors (Lipinski definition) is 4. The Morgan fingerprint density at radius 2 is 2.00 bits per heavy atom. The van der Waals surface area contributed by atoms with Crippen LogP contribution in [0.1, 0.15) is 13.3 Å². The van der Waals surface area contributed by atoms with Gasteiger partial charge < -0.3 is 14.9 Å². The van der Waals surface area contributed by atoms with Crippen LogP contribution in [-0.4, -0.2) is 34.9 Å². The fourth-order valence-electron chi connectivity index (χ4n) is 0.783. The zero-order chi connectivity index (χ0) is 10.6. The molecule has 0 fully saturated rings. The summed E-state index contributed by atoms with van der Waals surface area (Å²) >= 11 is 0. The van der Waals surface area contributed by atoms with Gasteiger partial charge in [-0.3, -0.25) is 0 Å². The first-order valence-corrected chi connectivity index (χ1v) is 3.53. The molecule has 0 aromatic heterocycles. The molecule has 0 aliphatic heterocycles. The number of methoxy groups -OCH3 is 1. The first kappa shape index (κ1) is 11.6. The first-order chi connectivity index (χ1) is 5.81. The van der Waals surface area contributed by atoms with Crippen molar-refractivity contribution >= 4 is 11.9 Å². The first-order valence-electron chi connectivity index (χ1n) is 3.53. The molecule has 0 rings (SSSR count). The minimum atomic E-state index is -1.83. The molecule has 0 bridgehead atoms. The molecule has 0 spiro atoms. The molecule has 1 unspecified atom stereocenters. The van der Waals surface area contributed by atoms with Crippen LogP contribution >= 0.6 is 0 Å². The van der Waals surface area contributed by atoms with Crippen molar-refractivity contribution < 1.29 is 24.5 Å². The normalized spacial score (nSPS) is 14.4. The third-order valence-electron chi connectivity index (χ3n) is 1.49. The second-order valence-corrected chi connectivity index (χ2v) is 2.85. The van der Waals surface area contributed by atoms with Crippen LogP contribution in [-0.2, 0) is 14.3 Å². The molecule has 0 saturated carbocycles. The summed E-state index contributed by atoms with van der Waals surface area (Å²) in [5.41, 5.74) is -2.07. The van der Waals surface area contributed by atoms with Crippen molar-refractivity contribution in [3.8, 4) is 0 Å². The van der Waals surface area contributed by atoms with E-state index in [4.69, 9.17) is 5.11 Å². The van der Waals surface area contributed by atoms with Crippen LogP contribution in [0.25, 0.3) is 0 Å². The Balaban J connectivity index is 4.42. The smallest absolute Gasteiger partial charge is 0.337 e. The van der Waals surface area contributed by atoms with E-state index >= 15 is 0 Å². The number of aliphatic hydroxyl groups is 1. The molecular weight excluding hydrogens is 176 g/mol. The van der Waals surface area contributed by atoms with Crippen LogP contribution in [0.4, 0.5) is 0 Å². The fraction of sp³-hybridized carbons (Fsp3) is 0.500. The van der Waals surface area contributed by atoms with Gasteiger partial charge in [0, 0.05) is 12.0 Å². The highest BCUT2D eigenvalue weighted by Crippen LogP contribution is 2.16. The van der Waals surface area contributed by atoms with Gasteiger partial charge >= 0.3 is 11.9 Å². The Bertz CT molecular complexity index is 241. The van der Waals surface area contributed by atoms with Crippen LogP contribution in [0.5, 0.6) is 0 Å². The van der Waals surface area contributed by atoms with E-state index in [2.05, 4.69) is 11.3 Å². The van der Waals surface area contributed by atoms with Crippen molar-refractivity contribution in [1.82, 2.24) is 0 Å². The average molecular weight is 188 g/mol. The summed E-state index contributed by atoms with van der Waals surface area (Å²) in [4.78, 5) is 21.2. The van der Waals surface area contributed by atoms with Gasteiger partial charge in [-0.05, 0) is 6.92 Å². The highest BCUT2D eigenvalue weighted by atomic mass is 16.5. The molecule has 0 aliphatic rings. The molecule has 0 saturated heterocycles. The van der Waals surface area contributed by atoms with E-state index in [1.165, 1.54) is 6.92 Å². The average Bonchev–Trinajstić information content (AvgIpc) is 2.01. The summed E-state index contributed by atoms with van der Waals surface area (Å²) in [5.74, 6) is -2.13. The second-order valence-electron chi connectivity index (χ2n) is 2.85. The van der Waals surface area contributed by atoms with Gasteiger partial charge in [0.15, 0.2) is 5.60 Å². The Morgan fingerprint density at radius 3 is 2.31 bits per heavy atom. The standard InChI is InChI=1S/C8H12O5/c1-5(6(9)10)4-8(2,12)7(11)13-3/h12H,1,4H2,2-3H3,(H,9,10). The van der Waals surface area contributed by atoms with Gasteiger partial charge in [0.2, 0.25) is 0 Å². The summed E-state index contributed by atoms with van der Waals surface area (Å²) in [6.45, 7) is 4.36. The maximum atomic E-state index is 10.9. The minimum absolute atomic E-state index is 0.240. The summed E-state index contributed by atoms with van der Waals surface area (Å²) in [7, 11) is 1.11. The molecule has 0 amide bonds. The van der Waals surface area contributed by atoms with E-state index < -0.39 is 17.5 Å². The van der Waals surface area contributed by atoms with Gasteiger partial charge in [0.25, 0.3) is 0 Å². The minimum Gasteiger partial charge on any atom is -0.478 e. The quantitative estimate of drug-likeness (QED) is 0.477. The highest BCUT2D eigenvalue weighted by Gasteiger charge is 2.33. The van der Waals surface area contributed by atoms with Crippen molar-refractivity contribution in [3.05, 3.63) is 12.2 Å². The van der Waals surface area contributed by atoms with E-state index in [1.807, 2.05) is 0 Å². The number of hydrogen-bond donors (Lipinski definition) is 2. The SMILES string of the molecule is C=C(CC(C)(O)C(=O)OC)C(=O)O.